The van der Waals surface area contributed by atoms with Crippen LogP contribution in [0, 0.1) is 6.92 Å². The van der Waals surface area contributed by atoms with Gasteiger partial charge >= 0.3 is 5.97 Å². The minimum absolute atomic E-state index is 0.193. The predicted octanol–water partition coefficient (Wildman–Crippen LogP) is 2.74. The third kappa shape index (κ3) is 3.54. The first-order chi connectivity index (χ1) is 12.2. The molecule has 3 rings (SSSR count). The summed E-state index contributed by atoms with van der Waals surface area (Å²) in [6.07, 6.45) is 3.61. The molecule has 0 amide bonds. The van der Waals surface area contributed by atoms with Gasteiger partial charge in [0.25, 0.3) is 0 Å². The minimum atomic E-state index is -0.255. The number of ether oxygens (including phenoxy) is 2. The number of nitrogens with one attached hydrogen (secondary N) is 1. The van der Waals surface area contributed by atoms with E-state index in [1.165, 1.54) is 12.7 Å². The van der Waals surface area contributed by atoms with Crippen molar-refractivity contribution in [3.05, 3.63) is 30.0 Å². The molecule has 1 saturated heterocycles. The molecule has 2 heterocycles. The van der Waals surface area contributed by atoms with Crippen LogP contribution in [0.5, 0.6) is 0 Å². The summed E-state index contributed by atoms with van der Waals surface area (Å²) in [6.45, 7) is 4.23. The van der Waals surface area contributed by atoms with E-state index in [0.717, 1.165) is 48.2 Å². The number of benzene rings is 1. The molecule has 1 N–H and O–H groups in total. The van der Waals surface area contributed by atoms with Crippen LogP contribution in [0.3, 0.4) is 0 Å². The highest BCUT2D eigenvalue weighted by atomic mass is 16.5. The quantitative estimate of drug-likeness (QED) is 0.643. The summed E-state index contributed by atoms with van der Waals surface area (Å²) in [6, 6.07) is 6.06. The summed E-state index contributed by atoms with van der Waals surface area (Å²) in [5.74, 6) is 0.655. The summed E-state index contributed by atoms with van der Waals surface area (Å²) < 4.78 is 10.1. The van der Waals surface area contributed by atoms with Crippen LogP contribution in [0.15, 0.2) is 24.4 Å². The number of hydrogen-bond donors (Lipinski definition) is 1. The Bertz CT molecular complexity index is 763. The van der Waals surface area contributed by atoms with Gasteiger partial charge in [0, 0.05) is 31.0 Å². The molecule has 0 aliphatic carbocycles. The lowest BCUT2D eigenvalue weighted by molar-refractivity contribution is -0.141. The molecule has 1 aromatic carbocycles. The Morgan fingerprint density at radius 3 is 2.96 bits per heavy atom. The van der Waals surface area contributed by atoms with E-state index in [2.05, 4.69) is 40.3 Å². The Morgan fingerprint density at radius 2 is 2.20 bits per heavy atom. The van der Waals surface area contributed by atoms with Crippen molar-refractivity contribution in [2.75, 3.05) is 44.1 Å². The highest BCUT2D eigenvalue weighted by Crippen LogP contribution is 2.34. The van der Waals surface area contributed by atoms with E-state index < -0.39 is 0 Å². The number of aryl methyl sites for hydroxylation is 1. The zero-order valence-electron chi connectivity index (χ0n) is 15.0. The number of pyridine rings is 1. The molecule has 1 aliphatic heterocycles. The average molecular weight is 343 g/mol. The molecule has 0 bridgehead atoms. The fraction of sp³-hybridized carbons (Fsp3) is 0.474. The Hall–Kier alpha value is -2.34. The number of carbonyl (C=O) groups excluding carboxylic acids is 1. The highest BCUT2D eigenvalue weighted by molar-refractivity contribution is 6.01. The lowest BCUT2D eigenvalue weighted by Crippen LogP contribution is -2.37. The van der Waals surface area contributed by atoms with Crippen molar-refractivity contribution in [1.29, 1.82) is 0 Å². The molecule has 6 heteroatoms. The van der Waals surface area contributed by atoms with Gasteiger partial charge in [-0.1, -0.05) is 17.7 Å². The standard InChI is InChI=1S/C19H25N3O3/c1-13-6-7-14-15(11-13)16(20-8-10-24-2)12-21-18(14)22-9-4-5-17(22)19(23)25-3/h6-7,11-12,17,20H,4-5,8-10H2,1-3H3. The Labute approximate surface area is 148 Å². The van der Waals surface area contributed by atoms with Crippen LogP contribution < -0.4 is 10.2 Å². The smallest absolute Gasteiger partial charge is 0.328 e. The van der Waals surface area contributed by atoms with Gasteiger partial charge in [-0.3, -0.25) is 0 Å². The summed E-state index contributed by atoms with van der Waals surface area (Å²) in [7, 11) is 3.13. The summed E-state index contributed by atoms with van der Waals surface area (Å²) in [5, 5.41) is 5.53. The van der Waals surface area contributed by atoms with Gasteiger partial charge in [0.15, 0.2) is 0 Å². The van der Waals surface area contributed by atoms with E-state index >= 15 is 0 Å². The average Bonchev–Trinajstić information content (AvgIpc) is 3.10. The second kappa shape index (κ2) is 7.70. The van der Waals surface area contributed by atoms with Gasteiger partial charge < -0.3 is 19.7 Å². The molecule has 25 heavy (non-hydrogen) atoms. The first kappa shape index (κ1) is 17.5. The summed E-state index contributed by atoms with van der Waals surface area (Å²) >= 11 is 0. The molecule has 0 saturated carbocycles. The van der Waals surface area contributed by atoms with Crippen molar-refractivity contribution in [1.82, 2.24) is 4.98 Å². The normalized spacial score (nSPS) is 17.1. The Morgan fingerprint density at radius 1 is 1.36 bits per heavy atom. The SMILES string of the molecule is COCCNc1cnc(N2CCCC2C(=O)OC)c2ccc(C)cc12. The third-order valence-corrected chi connectivity index (χ3v) is 4.64. The number of fused-ring (bicyclic) bond motifs is 1. The molecule has 0 radical (unpaired) electrons. The highest BCUT2D eigenvalue weighted by Gasteiger charge is 2.33. The van der Waals surface area contributed by atoms with E-state index in [1.807, 2.05) is 6.20 Å². The second-order valence-corrected chi connectivity index (χ2v) is 6.34. The fourth-order valence-corrected chi connectivity index (χ4v) is 3.40. The van der Waals surface area contributed by atoms with Crippen molar-refractivity contribution >= 4 is 28.2 Å². The van der Waals surface area contributed by atoms with Crippen molar-refractivity contribution in [2.24, 2.45) is 0 Å². The molecule has 6 nitrogen and oxygen atoms in total. The Balaban J connectivity index is 2.02. The molecular weight excluding hydrogens is 318 g/mol. The molecular formula is C19H25N3O3. The number of nitrogens with zero attached hydrogens (tertiary/aromatic N) is 2. The Kier molecular flexibility index (Phi) is 5.38. The summed E-state index contributed by atoms with van der Waals surface area (Å²) in [4.78, 5) is 18.9. The number of anilines is 2. The lowest BCUT2D eigenvalue weighted by Gasteiger charge is -2.25. The first-order valence-electron chi connectivity index (χ1n) is 8.62. The zero-order chi connectivity index (χ0) is 17.8. The first-order valence-corrected chi connectivity index (χ1v) is 8.62. The largest absolute Gasteiger partial charge is 0.467 e. The fourth-order valence-electron chi connectivity index (χ4n) is 3.40. The van der Waals surface area contributed by atoms with Crippen LogP contribution in [-0.2, 0) is 14.3 Å². The number of carbonyl (C=O) groups is 1. The van der Waals surface area contributed by atoms with E-state index in [9.17, 15) is 4.79 Å². The minimum Gasteiger partial charge on any atom is -0.467 e. The van der Waals surface area contributed by atoms with Crippen LogP contribution in [0.1, 0.15) is 18.4 Å². The lowest BCUT2D eigenvalue weighted by atomic mass is 10.1. The molecule has 1 aromatic heterocycles. The zero-order valence-corrected chi connectivity index (χ0v) is 15.0. The van der Waals surface area contributed by atoms with Crippen molar-refractivity contribution in [3.63, 3.8) is 0 Å². The number of hydrogen-bond acceptors (Lipinski definition) is 6. The van der Waals surface area contributed by atoms with Gasteiger partial charge in [0.05, 0.1) is 25.6 Å². The van der Waals surface area contributed by atoms with Crippen LogP contribution >= 0.6 is 0 Å². The van der Waals surface area contributed by atoms with Gasteiger partial charge in [-0.15, -0.1) is 0 Å². The van der Waals surface area contributed by atoms with Gasteiger partial charge in [-0.25, -0.2) is 9.78 Å². The van der Waals surface area contributed by atoms with Gasteiger partial charge in [-0.05, 0) is 25.8 Å². The third-order valence-electron chi connectivity index (χ3n) is 4.64. The van der Waals surface area contributed by atoms with E-state index in [4.69, 9.17) is 9.47 Å². The van der Waals surface area contributed by atoms with Crippen molar-refractivity contribution < 1.29 is 14.3 Å². The van der Waals surface area contributed by atoms with Crippen molar-refractivity contribution in [2.45, 2.75) is 25.8 Å². The number of aromatic nitrogens is 1. The predicted molar refractivity (Wildman–Crippen MR) is 99.2 cm³/mol. The molecule has 134 valence electrons. The number of esters is 1. The molecule has 1 unspecified atom stereocenters. The van der Waals surface area contributed by atoms with Crippen LogP contribution in [-0.4, -0.2) is 50.9 Å². The maximum atomic E-state index is 12.1. The van der Waals surface area contributed by atoms with Gasteiger partial charge in [0.2, 0.25) is 0 Å². The maximum absolute atomic E-state index is 12.1. The number of methoxy groups -OCH3 is 2. The van der Waals surface area contributed by atoms with E-state index in [0.29, 0.717) is 6.61 Å². The van der Waals surface area contributed by atoms with Crippen molar-refractivity contribution in [3.8, 4) is 0 Å². The molecule has 0 spiro atoms. The van der Waals surface area contributed by atoms with Crippen LogP contribution in [0.4, 0.5) is 11.5 Å². The monoisotopic (exact) mass is 343 g/mol. The molecule has 1 atom stereocenters. The molecule has 1 aliphatic rings. The van der Waals surface area contributed by atoms with E-state index in [1.54, 1.807) is 7.11 Å². The second-order valence-electron chi connectivity index (χ2n) is 6.34. The maximum Gasteiger partial charge on any atom is 0.328 e. The number of rotatable bonds is 6. The van der Waals surface area contributed by atoms with Gasteiger partial charge in [0.1, 0.15) is 11.9 Å². The topological polar surface area (TPSA) is 63.7 Å². The van der Waals surface area contributed by atoms with Crippen LogP contribution in [0.2, 0.25) is 0 Å². The van der Waals surface area contributed by atoms with Crippen LogP contribution in [0.25, 0.3) is 10.8 Å². The van der Waals surface area contributed by atoms with Gasteiger partial charge in [-0.2, -0.15) is 0 Å². The molecule has 1 fully saturated rings. The summed E-state index contributed by atoms with van der Waals surface area (Å²) in [5.41, 5.74) is 2.17. The molecule has 2 aromatic rings. The van der Waals surface area contributed by atoms with E-state index in [-0.39, 0.29) is 12.0 Å².